The van der Waals surface area contributed by atoms with Crippen LogP contribution in [0.4, 0.5) is 8.78 Å². The van der Waals surface area contributed by atoms with E-state index in [1.54, 1.807) is 24.3 Å². The molecule has 0 radical (unpaired) electrons. The van der Waals surface area contributed by atoms with Gasteiger partial charge in [-0.1, -0.05) is 42.5 Å². The maximum absolute atomic E-state index is 13.4. The van der Waals surface area contributed by atoms with Gasteiger partial charge in [0.2, 0.25) is 0 Å². The third-order valence-electron chi connectivity index (χ3n) is 5.01. The fraction of sp³-hybridized carbons (Fsp3) is 0.0800. The molecule has 0 spiro atoms. The van der Waals surface area contributed by atoms with Crippen molar-refractivity contribution in [3.63, 3.8) is 0 Å². The summed E-state index contributed by atoms with van der Waals surface area (Å²) in [6, 6.07) is 23.8. The summed E-state index contributed by atoms with van der Waals surface area (Å²) in [5.74, 6) is -0.859. The number of nitrogens with zero attached hydrogens (tertiary/aromatic N) is 1. The average Bonchev–Trinajstić information content (AvgIpc) is 3.11. The Kier molecular flexibility index (Phi) is 5.44. The third kappa shape index (κ3) is 4.01. The van der Waals surface area contributed by atoms with E-state index in [0.717, 1.165) is 28.2 Å². The molecule has 0 aliphatic rings. The van der Waals surface area contributed by atoms with Gasteiger partial charge in [0.1, 0.15) is 11.6 Å². The van der Waals surface area contributed by atoms with Gasteiger partial charge in [-0.25, -0.2) is 8.78 Å². The Morgan fingerprint density at radius 1 is 0.867 bits per heavy atom. The fourth-order valence-corrected chi connectivity index (χ4v) is 3.46. The second-order valence-electron chi connectivity index (χ2n) is 7.02. The number of amides is 1. The molecular formula is C25H20F2N2O. The summed E-state index contributed by atoms with van der Waals surface area (Å²) in [6.45, 7) is 2.16. The average molecular weight is 402 g/mol. The van der Waals surface area contributed by atoms with E-state index in [-0.39, 0.29) is 17.5 Å². The molecule has 0 fully saturated rings. The number of hydrogen-bond acceptors (Lipinski definition) is 1. The van der Waals surface area contributed by atoms with Crippen LogP contribution >= 0.6 is 0 Å². The Morgan fingerprint density at radius 3 is 2.10 bits per heavy atom. The van der Waals surface area contributed by atoms with Crippen molar-refractivity contribution in [3.05, 3.63) is 113 Å². The highest BCUT2D eigenvalue weighted by atomic mass is 19.1. The summed E-state index contributed by atoms with van der Waals surface area (Å²) in [5.41, 5.74) is 4.64. The molecule has 1 aromatic heterocycles. The van der Waals surface area contributed by atoms with Gasteiger partial charge >= 0.3 is 0 Å². The zero-order chi connectivity index (χ0) is 21.1. The molecule has 1 heterocycles. The van der Waals surface area contributed by atoms with Crippen LogP contribution in [-0.2, 0) is 6.54 Å². The maximum Gasteiger partial charge on any atom is 0.253 e. The number of carbonyl (C=O) groups excluding carboxylic acids is 1. The van der Waals surface area contributed by atoms with Crippen molar-refractivity contribution in [2.45, 2.75) is 13.5 Å². The number of carbonyl (C=O) groups is 1. The number of halogens is 2. The zero-order valence-electron chi connectivity index (χ0n) is 16.4. The summed E-state index contributed by atoms with van der Waals surface area (Å²) in [7, 11) is 0. The second kappa shape index (κ2) is 8.33. The minimum atomic E-state index is -0.318. The van der Waals surface area contributed by atoms with Crippen LogP contribution in [0.5, 0.6) is 0 Å². The quantitative estimate of drug-likeness (QED) is 0.459. The van der Waals surface area contributed by atoms with E-state index in [4.69, 9.17) is 0 Å². The molecule has 0 saturated carbocycles. The molecule has 3 nitrogen and oxygen atoms in total. The lowest BCUT2D eigenvalue weighted by atomic mass is 10.1. The van der Waals surface area contributed by atoms with Crippen LogP contribution in [0.1, 0.15) is 21.6 Å². The molecule has 3 aromatic carbocycles. The van der Waals surface area contributed by atoms with Crippen LogP contribution in [0.3, 0.4) is 0 Å². The van der Waals surface area contributed by atoms with Gasteiger partial charge in [0, 0.05) is 17.9 Å². The first-order valence-electron chi connectivity index (χ1n) is 9.59. The van der Waals surface area contributed by atoms with Crippen LogP contribution in [0.25, 0.3) is 16.9 Å². The molecule has 1 N–H and O–H groups in total. The smallest absolute Gasteiger partial charge is 0.253 e. The van der Waals surface area contributed by atoms with Crippen LogP contribution in [-0.4, -0.2) is 10.5 Å². The van der Waals surface area contributed by atoms with Gasteiger partial charge in [-0.2, -0.15) is 0 Å². The van der Waals surface area contributed by atoms with Gasteiger partial charge in [0.05, 0.1) is 11.3 Å². The van der Waals surface area contributed by atoms with Gasteiger partial charge < -0.3 is 9.88 Å². The number of hydrogen-bond donors (Lipinski definition) is 1. The molecule has 1 amide bonds. The van der Waals surface area contributed by atoms with Crippen molar-refractivity contribution in [2.75, 3.05) is 0 Å². The van der Waals surface area contributed by atoms with Crippen molar-refractivity contribution in [1.29, 1.82) is 0 Å². The molecule has 0 aliphatic carbocycles. The molecule has 4 aromatic rings. The Hall–Kier alpha value is -3.73. The predicted molar refractivity (Wildman–Crippen MR) is 113 cm³/mol. The van der Waals surface area contributed by atoms with Gasteiger partial charge in [-0.3, -0.25) is 4.79 Å². The van der Waals surface area contributed by atoms with Crippen LogP contribution in [0.2, 0.25) is 0 Å². The van der Waals surface area contributed by atoms with Crippen molar-refractivity contribution < 1.29 is 13.6 Å². The lowest BCUT2D eigenvalue weighted by Gasteiger charge is -2.12. The molecule has 0 atom stereocenters. The topological polar surface area (TPSA) is 34.0 Å². The Morgan fingerprint density at radius 2 is 1.47 bits per heavy atom. The lowest BCUT2D eigenvalue weighted by Crippen LogP contribution is -2.23. The lowest BCUT2D eigenvalue weighted by molar-refractivity contribution is 0.0950. The summed E-state index contributed by atoms with van der Waals surface area (Å²) >= 11 is 0. The first-order chi connectivity index (χ1) is 14.5. The molecule has 0 bridgehead atoms. The summed E-state index contributed by atoms with van der Waals surface area (Å²) in [5, 5.41) is 2.89. The van der Waals surface area contributed by atoms with Crippen molar-refractivity contribution >= 4 is 5.91 Å². The van der Waals surface area contributed by atoms with Crippen molar-refractivity contribution in [1.82, 2.24) is 9.88 Å². The van der Waals surface area contributed by atoms with Gasteiger partial charge in [0.15, 0.2) is 0 Å². The number of nitrogens with one attached hydrogen (secondary N) is 1. The minimum Gasteiger partial charge on any atom is -0.348 e. The molecule has 0 aliphatic heterocycles. The highest BCUT2D eigenvalue weighted by molar-refractivity contribution is 5.97. The van der Waals surface area contributed by atoms with Gasteiger partial charge in [-0.15, -0.1) is 0 Å². The SMILES string of the molecule is Cc1c(C(=O)NCc2ccc(F)cc2)cc(-c2ccccc2)n1-c1ccc(F)cc1. The van der Waals surface area contributed by atoms with E-state index in [0.29, 0.717) is 12.1 Å². The molecule has 5 heteroatoms. The number of rotatable bonds is 5. The van der Waals surface area contributed by atoms with E-state index in [1.807, 2.05) is 47.9 Å². The fourth-order valence-electron chi connectivity index (χ4n) is 3.46. The molecule has 150 valence electrons. The normalized spacial score (nSPS) is 10.8. The number of aromatic nitrogens is 1. The molecule has 0 unspecified atom stereocenters. The highest BCUT2D eigenvalue weighted by Crippen LogP contribution is 2.29. The van der Waals surface area contributed by atoms with Crippen molar-refractivity contribution in [2.24, 2.45) is 0 Å². The maximum atomic E-state index is 13.4. The Bertz CT molecular complexity index is 1160. The van der Waals surface area contributed by atoms with Crippen LogP contribution in [0, 0.1) is 18.6 Å². The van der Waals surface area contributed by atoms with E-state index in [2.05, 4.69) is 5.32 Å². The third-order valence-corrected chi connectivity index (χ3v) is 5.01. The summed E-state index contributed by atoms with van der Waals surface area (Å²) < 4.78 is 28.5. The van der Waals surface area contributed by atoms with Crippen LogP contribution in [0.15, 0.2) is 84.9 Å². The first-order valence-corrected chi connectivity index (χ1v) is 9.59. The monoisotopic (exact) mass is 402 g/mol. The molecule has 30 heavy (non-hydrogen) atoms. The molecular weight excluding hydrogens is 382 g/mol. The van der Waals surface area contributed by atoms with Gasteiger partial charge in [0.25, 0.3) is 5.91 Å². The van der Waals surface area contributed by atoms with Gasteiger partial charge in [-0.05, 0) is 60.5 Å². The second-order valence-corrected chi connectivity index (χ2v) is 7.02. The van der Waals surface area contributed by atoms with E-state index in [9.17, 15) is 13.6 Å². The van der Waals surface area contributed by atoms with E-state index >= 15 is 0 Å². The standard InChI is InChI=1S/C25H20F2N2O/c1-17-23(25(30)28-16-18-7-9-20(26)10-8-18)15-24(19-5-3-2-4-6-19)29(17)22-13-11-21(27)12-14-22/h2-15H,16H2,1H3,(H,28,30). The summed E-state index contributed by atoms with van der Waals surface area (Å²) in [4.78, 5) is 12.9. The molecule has 4 rings (SSSR count). The zero-order valence-corrected chi connectivity index (χ0v) is 16.4. The molecule has 0 saturated heterocycles. The highest BCUT2D eigenvalue weighted by Gasteiger charge is 2.19. The Balaban J connectivity index is 1.70. The minimum absolute atomic E-state index is 0.227. The first kappa shape index (κ1) is 19.6. The Labute approximate surface area is 173 Å². The largest absolute Gasteiger partial charge is 0.348 e. The predicted octanol–water partition coefficient (Wildman–Crippen LogP) is 5.66. The van der Waals surface area contributed by atoms with Crippen LogP contribution < -0.4 is 5.32 Å². The number of benzene rings is 3. The van der Waals surface area contributed by atoms with Crippen molar-refractivity contribution in [3.8, 4) is 16.9 Å². The summed E-state index contributed by atoms with van der Waals surface area (Å²) in [6.07, 6.45) is 0. The van der Waals surface area contributed by atoms with E-state index in [1.165, 1.54) is 24.3 Å². The van der Waals surface area contributed by atoms with E-state index < -0.39 is 0 Å².